The van der Waals surface area contributed by atoms with Gasteiger partial charge in [0.05, 0.1) is 12.6 Å². The zero-order chi connectivity index (χ0) is 14.1. The second kappa shape index (κ2) is 5.35. The highest BCUT2D eigenvalue weighted by molar-refractivity contribution is 6.31. The molecule has 0 aromatic heterocycles. The number of anilines is 1. The number of nitrogens with zero attached hydrogens (tertiary/aromatic N) is 2. The molecule has 1 aliphatic heterocycles. The summed E-state index contributed by atoms with van der Waals surface area (Å²) in [7, 11) is 0. The molecule has 2 aromatic rings. The highest BCUT2D eigenvalue weighted by Gasteiger charge is 2.29. The molecule has 1 heterocycles. The molecule has 1 unspecified atom stereocenters. The highest BCUT2D eigenvalue weighted by atomic mass is 35.5. The van der Waals surface area contributed by atoms with Crippen molar-refractivity contribution in [3.8, 4) is 0 Å². The van der Waals surface area contributed by atoms with E-state index in [1.54, 1.807) is 0 Å². The van der Waals surface area contributed by atoms with E-state index < -0.39 is 0 Å². The van der Waals surface area contributed by atoms with E-state index in [2.05, 4.69) is 4.99 Å². The van der Waals surface area contributed by atoms with Crippen molar-refractivity contribution in [1.29, 1.82) is 0 Å². The quantitative estimate of drug-likeness (QED) is 0.915. The lowest BCUT2D eigenvalue weighted by Crippen LogP contribution is -2.36. The van der Waals surface area contributed by atoms with Crippen molar-refractivity contribution in [2.75, 3.05) is 11.4 Å². The van der Waals surface area contributed by atoms with E-state index in [1.165, 1.54) is 0 Å². The molecule has 1 aliphatic rings. The maximum absolute atomic E-state index is 6.29. The van der Waals surface area contributed by atoms with Gasteiger partial charge in [-0.2, -0.15) is 0 Å². The Labute approximate surface area is 127 Å². The maximum atomic E-state index is 6.29. The summed E-state index contributed by atoms with van der Waals surface area (Å²) >= 11 is 12.2. The zero-order valence-corrected chi connectivity index (χ0v) is 12.1. The second-order valence-corrected chi connectivity index (χ2v) is 5.43. The van der Waals surface area contributed by atoms with Crippen molar-refractivity contribution >= 4 is 34.8 Å². The first-order valence-electron chi connectivity index (χ1n) is 6.26. The predicted octanol–water partition coefficient (Wildman–Crippen LogP) is 3.87. The molecule has 0 aliphatic carbocycles. The molecule has 5 heteroatoms. The van der Waals surface area contributed by atoms with Gasteiger partial charge in [0.15, 0.2) is 5.96 Å². The van der Waals surface area contributed by atoms with Crippen molar-refractivity contribution in [3.63, 3.8) is 0 Å². The van der Waals surface area contributed by atoms with Gasteiger partial charge in [-0.3, -0.25) is 4.99 Å². The molecular weight excluding hydrogens is 293 g/mol. The van der Waals surface area contributed by atoms with Crippen LogP contribution in [0.4, 0.5) is 5.69 Å². The van der Waals surface area contributed by atoms with E-state index in [1.807, 2.05) is 53.4 Å². The summed E-state index contributed by atoms with van der Waals surface area (Å²) in [6, 6.07) is 15.3. The fourth-order valence-corrected chi connectivity index (χ4v) is 2.78. The third-order valence-electron chi connectivity index (χ3n) is 3.35. The smallest absolute Gasteiger partial charge is 0.196 e. The van der Waals surface area contributed by atoms with E-state index in [0.717, 1.165) is 16.3 Å². The van der Waals surface area contributed by atoms with Gasteiger partial charge < -0.3 is 10.6 Å². The summed E-state index contributed by atoms with van der Waals surface area (Å²) in [5, 5.41) is 1.42. The minimum absolute atomic E-state index is 0.0184. The highest BCUT2D eigenvalue weighted by Crippen LogP contribution is 2.34. The Morgan fingerprint density at radius 2 is 1.75 bits per heavy atom. The molecule has 0 spiro atoms. The summed E-state index contributed by atoms with van der Waals surface area (Å²) in [5.41, 5.74) is 8.00. The number of halogens is 2. The lowest BCUT2D eigenvalue weighted by atomic mass is 10.1. The first kappa shape index (κ1) is 13.3. The minimum Gasteiger partial charge on any atom is -0.369 e. The fourth-order valence-electron chi connectivity index (χ4n) is 2.39. The van der Waals surface area contributed by atoms with Crippen LogP contribution in [0.1, 0.15) is 11.6 Å². The van der Waals surface area contributed by atoms with Crippen molar-refractivity contribution in [1.82, 2.24) is 0 Å². The molecule has 3 nitrogen and oxygen atoms in total. The summed E-state index contributed by atoms with van der Waals surface area (Å²) in [4.78, 5) is 6.33. The molecule has 20 heavy (non-hydrogen) atoms. The van der Waals surface area contributed by atoms with Crippen molar-refractivity contribution < 1.29 is 0 Å². The lowest BCUT2D eigenvalue weighted by molar-refractivity contribution is 0.769. The van der Waals surface area contributed by atoms with E-state index in [4.69, 9.17) is 28.9 Å². The number of hydrogen-bond acceptors (Lipinski definition) is 3. The lowest BCUT2D eigenvalue weighted by Gasteiger charge is -2.27. The predicted molar refractivity (Wildman–Crippen MR) is 84.6 cm³/mol. The Balaban J connectivity index is 2.01. The van der Waals surface area contributed by atoms with Gasteiger partial charge in [0.25, 0.3) is 0 Å². The zero-order valence-electron chi connectivity index (χ0n) is 10.6. The third-order valence-corrected chi connectivity index (χ3v) is 3.95. The van der Waals surface area contributed by atoms with Gasteiger partial charge in [-0.25, -0.2) is 0 Å². The average Bonchev–Trinajstić information content (AvgIpc) is 2.82. The number of guanidine groups is 1. The van der Waals surface area contributed by atoms with Gasteiger partial charge in [0.2, 0.25) is 0 Å². The van der Waals surface area contributed by atoms with Crippen molar-refractivity contribution in [2.24, 2.45) is 10.7 Å². The van der Waals surface area contributed by atoms with E-state index in [-0.39, 0.29) is 6.04 Å². The minimum atomic E-state index is 0.0184. The van der Waals surface area contributed by atoms with E-state index in [0.29, 0.717) is 17.5 Å². The SMILES string of the molecule is NC1=NCC(c2ccccc2Cl)N1c1ccc(Cl)cc1. The van der Waals surface area contributed by atoms with Gasteiger partial charge in [0, 0.05) is 15.7 Å². The Bertz CT molecular complexity index is 652. The van der Waals surface area contributed by atoms with Gasteiger partial charge in [-0.05, 0) is 35.9 Å². The van der Waals surface area contributed by atoms with Gasteiger partial charge in [0.1, 0.15) is 0 Å². The third kappa shape index (κ3) is 2.35. The van der Waals surface area contributed by atoms with Crippen LogP contribution in [0.3, 0.4) is 0 Å². The maximum Gasteiger partial charge on any atom is 0.196 e. The molecule has 3 rings (SSSR count). The van der Waals surface area contributed by atoms with Crippen LogP contribution in [0, 0.1) is 0 Å². The molecule has 0 saturated heterocycles. The molecular formula is C15H13Cl2N3. The van der Waals surface area contributed by atoms with Gasteiger partial charge in [-0.1, -0.05) is 41.4 Å². The monoisotopic (exact) mass is 305 g/mol. The van der Waals surface area contributed by atoms with Crippen molar-refractivity contribution in [3.05, 3.63) is 64.1 Å². The summed E-state index contributed by atoms with van der Waals surface area (Å²) < 4.78 is 0. The van der Waals surface area contributed by atoms with Gasteiger partial charge >= 0.3 is 0 Å². The molecule has 1 atom stereocenters. The molecule has 102 valence electrons. The molecule has 2 N–H and O–H groups in total. The summed E-state index contributed by atoms with van der Waals surface area (Å²) in [6.07, 6.45) is 0. The number of nitrogens with two attached hydrogens (primary N) is 1. The number of hydrogen-bond donors (Lipinski definition) is 1. The normalized spacial score (nSPS) is 18.2. The van der Waals surface area contributed by atoms with Crippen LogP contribution in [-0.4, -0.2) is 12.5 Å². The largest absolute Gasteiger partial charge is 0.369 e. The first-order valence-corrected chi connectivity index (χ1v) is 7.01. The molecule has 2 aromatic carbocycles. The Morgan fingerprint density at radius 1 is 1.05 bits per heavy atom. The Kier molecular flexibility index (Phi) is 3.55. The van der Waals surface area contributed by atoms with E-state index >= 15 is 0 Å². The second-order valence-electron chi connectivity index (χ2n) is 4.58. The van der Waals surface area contributed by atoms with Crippen molar-refractivity contribution in [2.45, 2.75) is 6.04 Å². The fraction of sp³-hybridized carbons (Fsp3) is 0.133. The van der Waals surface area contributed by atoms with Crippen LogP contribution >= 0.6 is 23.2 Å². The van der Waals surface area contributed by atoms with Crippen LogP contribution in [0.15, 0.2) is 53.5 Å². The standard InChI is InChI=1S/C15H13Cl2N3/c16-10-5-7-11(8-6-10)20-14(9-19-15(20)18)12-3-1-2-4-13(12)17/h1-8,14H,9H2,(H2,18,19). The molecule has 0 fully saturated rings. The van der Waals surface area contributed by atoms with Gasteiger partial charge in [-0.15, -0.1) is 0 Å². The topological polar surface area (TPSA) is 41.6 Å². The average molecular weight is 306 g/mol. The first-order chi connectivity index (χ1) is 9.66. The van der Waals surface area contributed by atoms with Crippen LogP contribution < -0.4 is 10.6 Å². The number of aliphatic imine (C=N–C) groups is 1. The summed E-state index contributed by atoms with van der Waals surface area (Å²) in [6.45, 7) is 0.595. The van der Waals surface area contributed by atoms with Crippen LogP contribution in [0.5, 0.6) is 0 Å². The van der Waals surface area contributed by atoms with Crippen LogP contribution in [0.25, 0.3) is 0 Å². The number of rotatable bonds is 2. The molecule has 0 amide bonds. The number of benzene rings is 2. The van der Waals surface area contributed by atoms with Crippen LogP contribution in [0.2, 0.25) is 10.0 Å². The molecule has 0 saturated carbocycles. The molecule has 0 bridgehead atoms. The Morgan fingerprint density at radius 3 is 2.45 bits per heavy atom. The van der Waals surface area contributed by atoms with Crippen LogP contribution in [-0.2, 0) is 0 Å². The Hall–Kier alpha value is -1.71. The van der Waals surface area contributed by atoms with E-state index in [9.17, 15) is 0 Å². The summed E-state index contributed by atoms with van der Waals surface area (Å²) in [5.74, 6) is 0.497. The molecule has 0 radical (unpaired) electrons.